The highest BCUT2D eigenvalue weighted by atomic mass is 16.5. The fourth-order valence-electron chi connectivity index (χ4n) is 3.44. The van der Waals surface area contributed by atoms with Crippen molar-refractivity contribution in [2.45, 2.75) is 45.3 Å². The lowest BCUT2D eigenvalue weighted by molar-refractivity contribution is 0.117. The van der Waals surface area contributed by atoms with Gasteiger partial charge in [-0.05, 0) is 17.5 Å². The average molecular weight is 419 g/mol. The van der Waals surface area contributed by atoms with E-state index >= 15 is 0 Å². The van der Waals surface area contributed by atoms with Gasteiger partial charge in [-0.15, -0.1) is 0 Å². The minimum Gasteiger partial charge on any atom is -0.397 e. The molecule has 2 aromatic rings. The lowest BCUT2D eigenvalue weighted by Crippen LogP contribution is -2.32. The van der Waals surface area contributed by atoms with Crippen LogP contribution in [-0.4, -0.2) is 17.6 Å². The van der Waals surface area contributed by atoms with E-state index in [2.05, 4.69) is 27.5 Å². The van der Waals surface area contributed by atoms with E-state index in [1.807, 2.05) is 36.5 Å². The summed E-state index contributed by atoms with van der Waals surface area (Å²) in [6.07, 6.45) is 6.53. The molecule has 1 aliphatic rings. The molecule has 0 bridgehead atoms. The number of nitriles is 2. The van der Waals surface area contributed by atoms with Crippen LogP contribution in [0.2, 0.25) is 0 Å². The predicted octanol–water partition coefficient (Wildman–Crippen LogP) is 3.16. The van der Waals surface area contributed by atoms with E-state index in [1.165, 1.54) is 19.3 Å². The molecule has 0 radical (unpaired) electrons. The molecule has 0 fully saturated rings. The summed E-state index contributed by atoms with van der Waals surface area (Å²) in [5.74, 6) is 0.622. The summed E-state index contributed by atoms with van der Waals surface area (Å²) < 4.78 is 5.76. The second-order valence-electron chi connectivity index (χ2n) is 7.26. The number of nitrogens with one attached hydrogen (secondary N) is 2. The van der Waals surface area contributed by atoms with Gasteiger partial charge in [0.2, 0.25) is 5.96 Å². The summed E-state index contributed by atoms with van der Waals surface area (Å²) in [6, 6.07) is 9.27. The smallest absolute Gasteiger partial charge is 0.211 e. The molecule has 2 heterocycles. The molecular formula is C22H26N8O. The number of aromatic nitrogens is 1. The van der Waals surface area contributed by atoms with Gasteiger partial charge in [-0.25, -0.2) is 9.98 Å². The SMILES string of the molecule is CCCCCCOCc1ccc(C2N=C(NC#N)Nc3nc(N)c(C#N)c(N)c32)cc1. The van der Waals surface area contributed by atoms with Crippen molar-refractivity contribution in [3.63, 3.8) is 0 Å². The summed E-state index contributed by atoms with van der Waals surface area (Å²) >= 11 is 0. The molecule has 1 atom stereocenters. The molecule has 3 rings (SSSR count). The highest BCUT2D eigenvalue weighted by Crippen LogP contribution is 2.40. The zero-order chi connectivity index (χ0) is 22.2. The van der Waals surface area contributed by atoms with Gasteiger partial charge >= 0.3 is 0 Å². The number of fused-ring (bicyclic) bond motifs is 1. The maximum Gasteiger partial charge on any atom is 0.211 e. The first kappa shape index (κ1) is 21.9. The average Bonchev–Trinajstić information content (AvgIpc) is 2.76. The van der Waals surface area contributed by atoms with Crippen molar-refractivity contribution in [3.05, 3.63) is 46.5 Å². The molecule has 9 heteroatoms. The maximum atomic E-state index is 9.41. The fourth-order valence-corrected chi connectivity index (χ4v) is 3.44. The lowest BCUT2D eigenvalue weighted by Gasteiger charge is -2.26. The van der Waals surface area contributed by atoms with Crippen molar-refractivity contribution in [3.8, 4) is 12.3 Å². The minimum absolute atomic E-state index is 0.0228. The number of aliphatic imine (C=N–C) groups is 1. The van der Waals surface area contributed by atoms with E-state index in [-0.39, 0.29) is 23.0 Å². The first-order valence-electron chi connectivity index (χ1n) is 10.2. The standard InChI is InChI=1S/C22H26N8O/c1-2-3-4-5-10-31-12-14-6-8-15(9-7-14)19-17-18(25)16(11-23)20(26)29-21(17)30-22(28-19)27-13-24/h6-9,19H,2-5,10,12H2,1H3,(H6,25,26,27,28,29,30). The Hall–Kier alpha value is -3.82. The van der Waals surface area contributed by atoms with E-state index in [9.17, 15) is 5.26 Å². The van der Waals surface area contributed by atoms with Gasteiger partial charge in [0.15, 0.2) is 6.19 Å². The van der Waals surface area contributed by atoms with Crippen molar-refractivity contribution in [1.29, 1.82) is 10.5 Å². The number of pyridine rings is 1. The van der Waals surface area contributed by atoms with Crippen molar-refractivity contribution in [2.75, 3.05) is 23.4 Å². The topological polar surface area (TPSA) is 158 Å². The Morgan fingerprint density at radius 2 is 1.94 bits per heavy atom. The zero-order valence-corrected chi connectivity index (χ0v) is 17.5. The molecule has 9 nitrogen and oxygen atoms in total. The lowest BCUT2D eigenvalue weighted by atomic mass is 9.94. The zero-order valence-electron chi connectivity index (χ0n) is 17.5. The number of hydrogen-bond donors (Lipinski definition) is 4. The molecule has 1 aromatic heterocycles. The summed E-state index contributed by atoms with van der Waals surface area (Å²) in [5, 5.41) is 23.8. The van der Waals surface area contributed by atoms with Gasteiger partial charge < -0.3 is 21.5 Å². The molecule has 1 aliphatic heterocycles. The summed E-state index contributed by atoms with van der Waals surface area (Å²) in [7, 11) is 0. The number of guanidine groups is 1. The molecule has 31 heavy (non-hydrogen) atoms. The van der Waals surface area contributed by atoms with Crippen molar-refractivity contribution < 1.29 is 4.74 Å². The second-order valence-corrected chi connectivity index (χ2v) is 7.26. The number of nitrogen functional groups attached to an aromatic ring is 2. The van der Waals surface area contributed by atoms with Gasteiger partial charge in [-0.3, -0.25) is 5.32 Å². The molecule has 0 aliphatic carbocycles. The van der Waals surface area contributed by atoms with Crippen molar-refractivity contribution >= 4 is 23.3 Å². The quantitative estimate of drug-likeness (QED) is 0.289. The van der Waals surface area contributed by atoms with E-state index in [1.54, 1.807) is 0 Å². The molecule has 160 valence electrons. The molecule has 0 saturated heterocycles. The minimum atomic E-state index is -0.545. The number of hydrogen-bond acceptors (Lipinski definition) is 9. The Labute approximate surface area is 181 Å². The Bertz CT molecular complexity index is 1030. The number of benzene rings is 1. The van der Waals surface area contributed by atoms with Crippen molar-refractivity contribution in [2.24, 2.45) is 4.99 Å². The van der Waals surface area contributed by atoms with Gasteiger partial charge in [0.1, 0.15) is 29.3 Å². The highest BCUT2D eigenvalue weighted by Gasteiger charge is 2.29. The molecule has 0 saturated carbocycles. The molecule has 0 spiro atoms. The van der Waals surface area contributed by atoms with E-state index in [0.717, 1.165) is 24.2 Å². The van der Waals surface area contributed by atoms with Crippen LogP contribution in [0, 0.1) is 22.8 Å². The summed E-state index contributed by atoms with van der Waals surface area (Å²) in [5.41, 5.74) is 14.9. The van der Waals surface area contributed by atoms with Crippen LogP contribution >= 0.6 is 0 Å². The second kappa shape index (κ2) is 10.3. The Balaban J connectivity index is 1.83. The van der Waals surface area contributed by atoms with Crippen LogP contribution in [0.15, 0.2) is 29.3 Å². The number of nitrogens with zero attached hydrogens (tertiary/aromatic N) is 4. The number of anilines is 3. The maximum absolute atomic E-state index is 9.41. The molecule has 1 unspecified atom stereocenters. The van der Waals surface area contributed by atoms with E-state index in [4.69, 9.17) is 21.5 Å². The number of unbranched alkanes of at least 4 members (excludes halogenated alkanes) is 3. The Morgan fingerprint density at radius 3 is 2.61 bits per heavy atom. The van der Waals surface area contributed by atoms with Crippen LogP contribution in [0.5, 0.6) is 0 Å². The monoisotopic (exact) mass is 418 g/mol. The Morgan fingerprint density at radius 1 is 1.16 bits per heavy atom. The summed E-state index contributed by atoms with van der Waals surface area (Å²) in [6.45, 7) is 3.47. The third-order valence-electron chi connectivity index (χ3n) is 5.06. The van der Waals surface area contributed by atoms with Crippen LogP contribution in [-0.2, 0) is 11.3 Å². The largest absolute Gasteiger partial charge is 0.397 e. The number of rotatable bonds is 8. The Kier molecular flexibility index (Phi) is 7.26. The third kappa shape index (κ3) is 5.03. The first-order valence-corrected chi connectivity index (χ1v) is 10.2. The predicted molar refractivity (Wildman–Crippen MR) is 120 cm³/mol. The van der Waals surface area contributed by atoms with Crippen LogP contribution < -0.4 is 22.1 Å². The van der Waals surface area contributed by atoms with Gasteiger partial charge in [-0.2, -0.15) is 10.5 Å². The van der Waals surface area contributed by atoms with Crippen LogP contribution in [0.3, 0.4) is 0 Å². The number of nitrogens with two attached hydrogens (primary N) is 2. The highest BCUT2D eigenvalue weighted by molar-refractivity contribution is 5.98. The van der Waals surface area contributed by atoms with Crippen molar-refractivity contribution in [1.82, 2.24) is 10.3 Å². The first-order chi connectivity index (χ1) is 15.1. The normalized spacial score (nSPS) is 14.5. The molecule has 1 aromatic carbocycles. The molecule has 0 amide bonds. The number of ether oxygens (including phenoxy) is 1. The fraction of sp³-hybridized carbons (Fsp3) is 0.364. The van der Waals surface area contributed by atoms with Gasteiger partial charge in [0.25, 0.3) is 0 Å². The molecular weight excluding hydrogens is 392 g/mol. The van der Waals surface area contributed by atoms with Crippen LogP contribution in [0.25, 0.3) is 0 Å². The van der Waals surface area contributed by atoms with E-state index < -0.39 is 6.04 Å². The van der Waals surface area contributed by atoms with Gasteiger partial charge in [0.05, 0.1) is 12.3 Å². The van der Waals surface area contributed by atoms with E-state index in [0.29, 0.717) is 18.0 Å². The van der Waals surface area contributed by atoms with Gasteiger partial charge in [-0.1, -0.05) is 50.5 Å². The van der Waals surface area contributed by atoms with Crippen LogP contribution in [0.4, 0.5) is 17.3 Å². The molecule has 6 N–H and O–H groups in total. The third-order valence-corrected chi connectivity index (χ3v) is 5.06. The van der Waals surface area contributed by atoms with Crippen LogP contribution in [0.1, 0.15) is 60.9 Å². The van der Waals surface area contributed by atoms with Gasteiger partial charge in [0, 0.05) is 12.2 Å². The summed E-state index contributed by atoms with van der Waals surface area (Å²) in [4.78, 5) is 8.81.